The Morgan fingerprint density at radius 2 is 1.51 bits per heavy atom. The number of Topliss-reactive ketones (excluding diaryl/α,β-unsaturated/α-hetero) is 2. The van der Waals surface area contributed by atoms with Crippen molar-refractivity contribution in [1.29, 1.82) is 0 Å². The first-order chi connectivity index (χ1) is 20.7. The number of hydrogen-bond donors (Lipinski definition) is 1. The largest absolute Gasteiger partial charge is 0.352 e. The van der Waals surface area contributed by atoms with Crippen molar-refractivity contribution in [3.8, 4) is 0 Å². The molecule has 8 nitrogen and oxygen atoms in total. The molecule has 3 heterocycles. The SMILES string of the molecule is CC1=C[C@@H]2N(c3ccccc31)[C@H](C(=O)c1ccc([N+](=O)[O-])cc1)[C@@H](C(=O)c1ccc(F)cc1)[C@]21C(=O)Nc2ccccc21. The molecule has 0 unspecified atom stereocenters. The van der Waals surface area contributed by atoms with E-state index in [1.54, 1.807) is 24.3 Å². The molecule has 4 aromatic carbocycles. The van der Waals surface area contributed by atoms with Gasteiger partial charge < -0.3 is 10.2 Å². The molecule has 1 fully saturated rings. The van der Waals surface area contributed by atoms with E-state index in [0.717, 1.165) is 11.1 Å². The second-order valence-corrected chi connectivity index (χ2v) is 11.0. The summed E-state index contributed by atoms with van der Waals surface area (Å²) in [5, 5.41) is 14.3. The molecule has 0 radical (unpaired) electrons. The van der Waals surface area contributed by atoms with E-state index in [4.69, 9.17) is 0 Å². The molecule has 1 spiro atoms. The monoisotopic (exact) mass is 573 g/mol. The highest BCUT2D eigenvalue weighted by atomic mass is 19.1. The van der Waals surface area contributed by atoms with Gasteiger partial charge >= 0.3 is 0 Å². The molecule has 1 amide bonds. The van der Waals surface area contributed by atoms with Crippen LogP contribution in [0.25, 0.3) is 5.57 Å². The summed E-state index contributed by atoms with van der Waals surface area (Å²) >= 11 is 0. The smallest absolute Gasteiger partial charge is 0.269 e. The van der Waals surface area contributed by atoms with Gasteiger partial charge in [-0.3, -0.25) is 24.5 Å². The number of hydrogen-bond acceptors (Lipinski definition) is 6. The van der Waals surface area contributed by atoms with Gasteiger partial charge in [0.2, 0.25) is 5.91 Å². The highest BCUT2D eigenvalue weighted by molar-refractivity contribution is 6.18. The topological polar surface area (TPSA) is 110 Å². The van der Waals surface area contributed by atoms with E-state index >= 15 is 0 Å². The average molecular weight is 574 g/mol. The number of para-hydroxylation sites is 2. The van der Waals surface area contributed by atoms with Crippen molar-refractivity contribution in [2.24, 2.45) is 5.92 Å². The summed E-state index contributed by atoms with van der Waals surface area (Å²) in [4.78, 5) is 56.4. The molecule has 212 valence electrons. The Hall–Kier alpha value is -5.44. The number of carbonyl (C=O) groups is 3. The van der Waals surface area contributed by atoms with Crippen LogP contribution in [0.5, 0.6) is 0 Å². The van der Waals surface area contributed by atoms with E-state index in [2.05, 4.69) is 5.32 Å². The fraction of sp³-hybridized carbons (Fsp3) is 0.147. The molecular weight excluding hydrogens is 549 g/mol. The first kappa shape index (κ1) is 26.5. The number of nitro benzene ring substituents is 1. The van der Waals surface area contributed by atoms with Crippen LogP contribution in [0.2, 0.25) is 0 Å². The fourth-order valence-corrected chi connectivity index (χ4v) is 7.10. The lowest BCUT2D eigenvalue weighted by Crippen LogP contribution is -2.51. The van der Waals surface area contributed by atoms with Gasteiger partial charge in [0, 0.05) is 40.2 Å². The number of allylic oxidation sites excluding steroid dienone is 1. The third kappa shape index (κ3) is 3.71. The van der Waals surface area contributed by atoms with Crippen LogP contribution in [0, 0.1) is 21.8 Å². The zero-order valence-electron chi connectivity index (χ0n) is 22.9. The van der Waals surface area contributed by atoms with E-state index in [-0.39, 0.29) is 16.8 Å². The van der Waals surface area contributed by atoms with Crippen LogP contribution < -0.4 is 10.2 Å². The molecule has 9 heteroatoms. The molecule has 4 aromatic rings. The summed E-state index contributed by atoms with van der Waals surface area (Å²) in [7, 11) is 0. The summed E-state index contributed by atoms with van der Waals surface area (Å²) in [5.41, 5.74) is 2.23. The summed E-state index contributed by atoms with van der Waals surface area (Å²) < 4.78 is 14.0. The van der Waals surface area contributed by atoms with Gasteiger partial charge in [-0.15, -0.1) is 0 Å². The molecule has 0 saturated carbocycles. The van der Waals surface area contributed by atoms with Crippen molar-refractivity contribution in [2.75, 3.05) is 10.2 Å². The number of nitrogens with one attached hydrogen (secondary N) is 1. The van der Waals surface area contributed by atoms with Gasteiger partial charge in [-0.25, -0.2) is 4.39 Å². The van der Waals surface area contributed by atoms with E-state index < -0.39 is 51.6 Å². The van der Waals surface area contributed by atoms with Crippen LogP contribution in [0.3, 0.4) is 0 Å². The second kappa shape index (κ2) is 9.55. The fourth-order valence-electron chi connectivity index (χ4n) is 7.10. The lowest BCUT2D eigenvalue weighted by atomic mass is 9.64. The molecule has 0 aliphatic carbocycles. The maximum absolute atomic E-state index is 14.7. The molecule has 1 N–H and O–H groups in total. The third-order valence-electron chi connectivity index (χ3n) is 8.93. The molecular formula is C34H24FN3O5. The van der Waals surface area contributed by atoms with E-state index in [1.165, 1.54) is 48.5 Å². The van der Waals surface area contributed by atoms with Crippen molar-refractivity contribution >= 4 is 40.1 Å². The van der Waals surface area contributed by atoms with Crippen LogP contribution in [0.4, 0.5) is 21.5 Å². The second-order valence-electron chi connectivity index (χ2n) is 11.0. The number of carbonyl (C=O) groups excluding carboxylic acids is 3. The Kier molecular flexibility index (Phi) is 5.88. The number of benzene rings is 4. The van der Waals surface area contributed by atoms with Crippen LogP contribution in [0.15, 0.2) is 103 Å². The van der Waals surface area contributed by atoms with Gasteiger partial charge in [0.05, 0.1) is 16.9 Å². The Morgan fingerprint density at radius 1 is 0.884 bits per heavy atom. The first-order valence-electron chi connectivity index (χ1n) is 13.8. The molecule has 0 aromatic heterocycles. The van der Waals surface area contributed by atoms with Gasteiger partial charge in [0.25, 0.3) is 5.69 Å². The lowest BCUT2D eigenvalue weighted by Gasteiger charge is -2.39. The predicted octanol–water partition coefficient (Wildman–Crippen LogP) is 5.98. The molecule has 3 aliphatic rings. The van der Waals surface area contributed by atoms with Crippen LogP contribution in [-0.2, 0) is 10.2 Å². The number of nitro groups is 1. The number of non-ortho nitro benzene ring substituents is 1. The number of nitrogens with zero attached hydrogens (tertiary/aromatic N) is 2. The maximum Gasteiger partial charge on any atom is 0.269 e. The van der Waals surface area contributed by atoms with Gasteiger partial charge in [0.15, 0.2) is 11.6 Å². The first-order valence-corrected chi connectivity index (χ1v) is 13.8. The summed E-state index contributed by atoms with van der Waals surface area (Å²) in [6, 6.07) is 23.1. The van der Waals surface area contributed by atoms with E-state index in [9.17, 15) is 28.9 Å². The van der Waals surface area contributed by atoms with Crippen LogP contribution >= 0.6 is 0 Å². The van der Waals surface area contributed by atoms with Gasteiger partial charge in [0.1, 0.15) is 17.3 Å². The Labute approximate surface area is 245 Å². The normalized spacial score (nSPS) is 23.2. The highest BCUT2D eigenvalue weighted by Gasteiger charge is 2.70. The minimum Gasteiger partial charge on any atom is -0.352 e. The minimum atomic E-state index is -1.52. The quantitative estimate of drug-likeness (QED) is 0.179. The summed E-state index contributed by atoms with van der Waals surface area (Å²) in [5.74, 6) is -3.11. The van der Waals surface area contributed by atoms with Gasteiger partial charge in [-0.2, -0.15) is 0 Å². The predicted molar refractivity (Wildman–Crippen MR) is 159 cm³/mol. The third-order valence-corrected chi connectivity index (χ3v) is 8.93. The standard InChI is InChI=1S/C34H24FN3O5/c1-19-18-28-34(25-7-3-4-8-26(25)36-33(34)41)29(31(39)20-10-14-22(35)15-11-20)30(37(28)27-9-5-2-6-24(19)27)32(40)21-12-16-23(17-13-21)38(42)43/h2-18,28-30H,1H3,(H,36,41)/t28-,29-,30-,34+/m0/s1. The van der Waals surface area contributed by atoms with Crippen molar-refractivity contribution in [3.63, 3.8) is 0 Å². The molecule has 4 atom stereocenters. The van der Waals surface area contributed by atoms with Crippen LogP contribution in [-0.4, -0.2) is 34.5 Å². The van der Waals surface area contributed by atoms with E-state index in [0.29, 0.717) is 16.9 Å². The van der Waals surface area contributed by atoms with Gasteiger partial charge in [-0.1, -0.05) is 42.5 Å². The summed E-state index contributed by atoms with van der Waals surface area (Å²) in [6.45, 7) is 1.94. The lowest BCUT2D eigenvalue weighted by molar-refractivity contribution is -0.384. The Morgan fingerprint density at radius 3 is 2.23 bits per heavy atom. The molecule has 7 rings (SSSR count). The molecule has 3 aliphatic heterocycles. The molecule has 1 saturated heterocycles. The Balaban J connectivity index is 1.53. The zero-order chi connectivity index (χ0) is 30.0. The van der Waals surface area contributed by atoms with Crippen molar-refractivity contribution in [1.82, 2.24) is 0 Å². The number of rotatable bonds is 5. The molecule has 43 heavy (non-hydrogen) atoms. The average Bonchev–Trinajstić information content (AvgIpc) is 3.49. The van der Waals surface area contributed by atoms with Gasteiger partial charge in [-0.05, 0) is 66.6 Å². The number of fused-ring (bicyclic) bond motifs is 6. The maximum atomic E-state index is 14.7. The van der Waals surface area contributed by atoms with Crippen molar-refractivity contribution < 1.29 is 23.7 Å². The van der Waals surface area contributed by atoms with Crippen molar-refractivity contribution in [3.05, 3.63) is 141 Å². The molecule has 0 bridgehead atoms. The number of anilines is 2. The Bertz CT molecular complexity index is 1880. The zero-order valence-corrected chi connectivity index (χ0v) is 22.9. The van der Waals surface area contributed by atoms with Crippen molar-refractivity contribution in [2.45, 2.75) is 24.4 Å². The van der Waals surface area contributed by atoms with E-state index in [1.807, 2.05) is 42.2 Å². The minimum absolute atomic E-state index is 0.165. The summed E-state index contributed by atoms with van der Waals surface area (Å²) in [6.07, 6.45) is 1.94. The number of ketones is 2. The van der Waals surface area contributed by atoms with Crippen LogP contribution in [0.1, 0.15) is 38.8 Å². The number of halogens is 1. The number of amides is 1. The highest BCUT2D eigenvalue weighted by Crippen LogP contribution is 2.58.